The molecule has 3 heterocycles. The van der Waals surface area contributed by atoms with E-state index < -0.39 is 11.9 Å². The first-order valence-corrected chi connectivity index (χ1v) is 10.3. The number of carboxylic acids is 1. The highest BCUT2D eigenvalue weighted by Gasteiger charge is 2.30. The molecule has 3 N–H and O–H groups in total. The number of hydrogen-bond acceptors (Lipinski definition) is 6. The van der Waals surface area contributed by atoms with Crippen LogP contribution in [0.1, 0.15) is 30.2 Å². The minimum atomic E-state index is -0.945. The number of carbonyl (C=O) groups is 2. The number of carboxylic acid groups (broad SMARTS) is 1. The Labute approximate surface area is 175 Å². The molecular formula is C21H27N5O4. The number of nitrogens with one attached hydrogen (secondary N) is 2. The molecule has 0 bridgehead atoms. The van der Waals surface area contributed by atoms with Gasteiger partial charge in [0.05, 0.1) is 30.8 Å². The highest BCUT2D eigenvalue weighted by atomic mass is 16.5. The first-order chi connectivity index (χ1) is 14.5. The summed E-state index contributed by atoms with van der Waals surface area (Å²) < 4.78 is 7.84. The fourth-order valence-corrected chi connectivity index (χ4v) is 3.99. The van der Waals surface area contributed by atoms with Gasteiger partial charge in [-0.05, 0) is 36.6 Å². The Balaban J connectivity index is 1.42. The summed E-state index contributed by atoms with van der Waals surface area (Å²) in [6, 6.07) is 5.81. The summed E-state index contributed by atoms with van der Waals surface area (Å²) in [6.07, 6.45) is 2.94. The molecule has 1 atom stereocenters. The van der Waals surface area contributed by atoms with E-state index in [2.05, 4.69) is 15.7 Å². The van der Waals surface area contributed by atoms with E-state index >= 15 is 0 Å². The van der Waals surface area contributed by atoms with Crippen LogP contribution in [-0.4, -0.2) is 57.8 Å². The van der Waals surface area contributed by atoms with Crippen LogP contribution in [0.15, 0.2) is 24.4 Å². The number of ether oxygens (including phenoxy) is 1. The van der Waals surface area contributed by atoms with Gasteiger partial charge < -0.3 is 25.5 Å². The maximum atomic E-state index is 12.7. The van der Waals surface area contributed by atoms with Crippen molar-refractivity contribution in [2.45, 2.75) is 32.7 Å². The molecule has 0 aliphatic carbocycles. The molecule has 9 nitrogen and oxygen atoms in total. The average molecular weight is 413 g/mol. The Morgan fingerprint density at radius 2 is 2.20 bits per heavy atom. The molecule has 1 aromatic heterocycles. The molecule has 160 valence electrons. The fourth-order valence-electron chi connectivity index (χ4n) is 3.99. The number of aliphatic carboxylic acids is 1. The molecule has 2 aliphatic rings. The molecular weight excluding hydrogens is 386 g/mol. The van der Waals surface area contributed by atoms with Crippen LogP contribution in [0, 0.1) is 5.92 Å². The van der Waals surface area contributed by atoms with Gasteiger partial charge in [0.15, 0.2) is 0 Å². The van der Waals surface area contributed by atoms with E-state index in [0.717, 1.165) is 41.6 Å². The number of benzene rings is 1. The van der Waals surface area contributed by atoms with Crippen molar-refractivity contribution in [3.63, 3.8) is 0 Å². The second-order valence-electron chi connectivity index (χ2n) is 7.64. The van der Waals surface area contributed by atoms with Crippen molar-refractivity contribution < 1.29 is 19.4 Å². The summed E-state index contributed by atoms with van der Waals surface area (Å²) >= 11 is 0. The molecule has 2 aromatic rings. The third-order valence-corrected chi connectivity index (χ3v) is 5.54. The number of carbonyl (C=O) groups excluding carboxylic acids is 1. The van der Waals surface area contributed by atoms with Gasteiger partial charge in [-0.3, -0.25) is 9.59 Å². The minimum absolute atomic E-state index is 0.0930. The minimum Gasteiger partial charge on any atom is -0.493 e. The summed E-state index contributed by atoms with van der Waals surface area (Å²) in [6.45, 7) is 5.14. The average Bonchev–Trinajstić information content (AvgIpc) is 3.09. The quantitative estimate of drug-likeness (QED) is 0.631. The molecule has 2 aliphatic heterocycles. The zero-order chi connectivity index (χ0) is 21.1. The molecule has 9 heteroatoms. The van der Waals surface area contributed by atoms with Crippen molar-refractivity contribution in [1.82, 2.24) is 14.6 Å². The molecule has 0 spiro atoms. The third-order valence-electron chi connectivity index (χ3n) is 5.54. The number of fused-ring (bicyclic) bond motifs is 2. The van der Waals surface area contributed by atoms with Crippen LogP contribution in [0.4, 0.5) is 5.95 Å². The van der Waals surface area contributed by atoms with Gasteiger partial charge in [0, 0.05) is 32.6 Å². The predicted octanol–water partition coefficient (Wildman–Crippen LogP) is 1.47. The number of anilines is 1. The Kier molecular flexibility index (Phi) is 5.78. The second kappa shape index (κ2) is 8.64. The molecule has 0 saturated heterocycles. The van der Waals surface area contributed by atoms with Crippen molar-refractivity contribution in [3.05, 3.63) is 41.2 Å². The van der Waals surface area contributed by atoms with Crippen LogP contribution in [0.2, 0.25) is 0 Å². The Bertz CT molecular complexity index is 918. The van der Waals surface area contributed by atoms with Gasteiger partial charge in [0.1, 0.15) is 5.75 Å². The zero-order valence-electron chi connectivity index (χ0n) is 17.1. The molecule has 4 rings (SSSR count). The molecule has 0 saturated carbocycles. The van der Waals surface area contributed by atoms with Crippen molar-refractivity contribution >= 4 is 17.8 Å². The van der Waals surface area contributed by atoms with Gasteiger partial charge >= 0.3 is 5.97 Å². The highest BCUT2D eigenvalue weighted by Crippen LogP contribution is 2.28. The number of aromatic nitrogens is 2. The van der Waals surface area contributed by atoms with Crippen molar-refractivity contribution in [2.24, 2.45) is 5.92 Å². The summed E-state index contributed by atoms with van der Waals surface area (Å²) in [4.78, 5) is 30.1. The van der Waals surface area contributed by atoms with Crippen molar-refractivity contribution in [1.29, 1.82) is 0 Å². The van der Waals surface area contributed by atoms with Crippen LogP contribution in [-0.2, 0) is 29.0 Å². The number of rotatable bonds is 7. The predicted molar refractivity (Wildman–Crippen MR) is 111 cm³/mol. The summed E-state index contributed by atoms with van der Waals surface area (Å²) in [5.74, 6) is 0.00372. The third kappa shape index (κ3) is 4.34. The van der Waals surface area contributed by atoms with Crippen LogP contribution < -0.4 is 15.5 Å². The number of imidazole rings is 1. The monoisotopic (exact) mass is 413 g/mol. The SMILES string of the molecule is CCN1Cc2cc(OCCc3cn4c(n3)NCCN4)ccc2C[C@@H](CC(=O)O)C1=O. The van der Waals surface area contributed by atoms with E-state index in [0.29, 0.717) is 32.5 Å². The van der Waals surface area contributed by atoms with Gasteiger partial charge in [0.25, 0.3) is 0 Å². The lowest BCUT2D eigenvalue weighted by Gasteiger charge is -2.22. The van der Waals surface area contributed by atoms with Crippen LogP contribution in [0.5, 0.6) is 5.75 Å². The van der Waals surface area contributed by atoms with E-state index in [1.807, 2.05) is 36.0 Å². The molecule has 1 aromatic carbocycles. The van der Waals surface area contributed by atoms with Crippen LogP contribution in [0.3, 0.4) is 0 Å². The van der Waals surface area contributed by atoms with Gasteiger partial charge in [-0.25, -0.2) is 9.66 Å². The van der Waals surface area contributed by atoms with E-state index in [1.165, 1.54) is 0 Å². The van der Waals surface area contributed by atoms with Gasteiger partial charge in [0.2, 0.25) is 11.9 Å². The van der Waals surface area contributed by atoms with Gasteiger partial charge in [-0.2, -0.15) is 0 Å². The zero-order valence-corrected chi connectivity index (χ0v) is 17.1. The summed E-state index contributed by atoms with van der Waals surface area (Å²) in [7, 11) is 0. The lowest BCUT2D eigenvalue weighted by Crippen LogP contribution is -2.35. The molecule has 30 heavy (non-hydrogen) atoms. The highest BCUT2D eigenvalue weighted by molar-refractivity contribution is 5.84. The topological polar surface area (TPSA) is 109 Å². The van der Waals surface area contributed by atoms with E-state index in [1.54, 1.807) is 4.90 Å². The van der Waals surface area contributed by atoms with Crippen molar-refractivity contribution in [3.8, 4) is 5.75 Å². The Hall–Kier alpha value is -3.23. The second-order valence-corrected chi connectivity index (χ2v) is 7.64. The van der Waals surface area contributed by atoms with E-state index in [-0.39, 0.29) is 12.3 Å². The Morgan fingerprint density at radius 3 is 2.97 bits per heavy atom. The number of nitrogens with zero attached hydrogens (tertiary/aromatic N) is 3. The standard InChI is InChI=1S/C21H27N5O4/c1-2-25-12-16-10-18(4-3-14(16)9-15(20(25)29)11-19(27)28)30-8-5-17-13-26-21(24-17)22-6-7-23-26/h3-4,10,13,15,23H,2,5-9,11-12H2,1H3,(H,22,24)(H,27,28)/t15-/m0/s1. The maximum absolute atomic E-state index is 12.7. The van der Waals surface area contributed by atoms with Crippen LogP contribution in [0.25, 0.3) is 0 Å². The van der Waals surface area contributed by atoms with Crippen molar-refractivity contribution in [2.75, 3.05) is 37.0 Å². The molecule has 0 radical (unpaired) electrons. The van der Waals surface area contributed by atoms with Gasteiger partial charge in [-0.1, -0.05) is 6.07 Å². The number of amides is 1. The van der Waals surface area contributed by atoms with E-state index in [9.17, 15) is 9.59 Å². The van der Waals surface area contributed by atoms with Crippen LogP contribution >= 0.6 is 0 Å². The summed E-state index contributed by atoms with van der Waals surface area (Å²) in [5, 5.41) is 12.4. The first kappa shape index (κ1) is 20.1. The van der Waals surface area contributed by atoms with E-state index in [4.69, 9.17) is 9.84 Å². The lowest BCUT2D eigenvalue weighted by atomic mass is 9.94. The lowest BCUT2D eigenvalue weighted by molar-refractivity contribution is -0.144. The smallest absolute Gasteiger partial charge is 0.304 e. The molecule has 1 amide bonds. The maximum Gasteiger partial charge on any atom is 0.304 e. The largest absolute Gasteiger partial charge is 0.493 e. The first-order valence-electron chi connectivity index (χ1n) is 10.3. The normalized spacial score (nSPS) is 18.0. The Morgan fingerprint density at radius 1 is 1.33 bits per heavy atom. The molecule has 0 unspecified atom stereocenters. The fraction of sp³-hybridized carbons (Fsp3) is 0.476. The van der Waals surface area contributed by atoms with Gasteiger partial charge in [-0.15, -0.1) is 0 Å². The number of hydrogen-bond donors (Lipinski definition) is 3. The summed E-state index contributed by atoms with van der Waals surface area (Å²) in [5.41, 5.74) is 6.21. The molecule has 0 fully saturated rings.